The summed E-state index contributed by atoms with van der Waals surface area (Å²) in [5, 5.41) is 11.3. The average Bonchev–Trinajstić information content (AvgIpc) is 2.43. The number of carbonyl (C=O) groups is 1. The molecule has 0 aliphatic heterocycles. The van der Waals surface area contributed by atoms with Crippen LogP contribution in [0, 0.1) is 0 Å². The molecule has 0 atom stereocenters. The van der Waals surface area contributed by atoms with Gasteiger partial charge in [0.2, 0.25) is 0 Å². The smallest absolute Gasteiger partial charge is 0.407 e. The number of nitrogens with one attached hydrogen (secondary N) is 1. The molecule has 0 saturated heterocycles. The van der Waals surface area contributed by atoms with Crippen molar-refractivity contribution in [3.63, 3.8) is 0 Å². The van der Waals surface area contributed by atoms with Crippen LogP contribution in [0.4, 0.5) is 4.79 Å². The number of ether oxygens (including phenoxy) is 1. The highest BCUT2D eigenvalue weighted by molar-refractivity contribution is 5.67. The Morgan fingerprint density at radius 2 is 1.93 bits per heavy atom. The number of amides is 1. The van der Waals surface area contributed by atoms with Crippen LogP contribution in [-0.2, 0) is 4.74 Å². The van der Waals surface area contributed by atoms with Gasteiger partial charge in [0.05, 0.1) is 6.61 Å². The number of hydrogen-bond donors (Lipinski definition) is 2. The van der Waals surface area contributed by atoms with E-state index in [2.05, 4.69) is 5.32 Å². The van der Waals surface area contributed by atoms with Gasteiger partial charge in [0.1, 0.15) is 6.61 Å². The van der Waals surface area contributed by atoms with E-state index in [1.54, 1.807) is 0 Å². The number of hydrogen-bond acceptors (Lipinski definition) is 3. The first kappa shape index (κ1) is 11.3. The average molecular weight is 201 g/mol. The van der Waals surface area contributed by atoms with E-state index in [4.69, 9.17) is 9.84 Å². The van der Waals surface area contributed by atoms with Crippen LogP contribution in [0.15, 0.2) is 0 Å². The molecule has 4 nitrogen and oxygen atoms in total. The summed E-state index contributed by atoms with van der Waals surface area (Å²) < 4.78 is 4.73. The molecule has 14 heavy (non-hydrogen) atoms. The summed E-state index contributed by atoms with van der Waals surface area (Å²) >= 11 is 0. The number of rotatable bonds is 3. The fourth-order valence-electron chi connectivity index (χ4n) is 1.77. The normalized spacial score (nSPS) is 18.6. The second-order valence-corrected chi connectivity index (χ2v) is 3.69. The molecule has 82 valence electrons. The van der Waals surface area contributed by atoms with Crippen LogP contribution in [0.2, 0.25) is 0 Å². The molecule has 4 heteroatoms. The van der Waals surface area contributed by atoms with Crippen LogP contribution in [0.25, 0.3) is 0 Å². The van der Waals surface area contributed by atoms with Crippen LogP contribution in [0.1, 0.15) is 38.5 Å². The van der Waals surface area contributed by atoms with Gasteiger partial charge in [-0.1, -0.05) is 25.7 Å². The molecular formula is C10H19NO3. The van der Waals surface area contributed by atoms with Gasteiger partial charge in [-0.15, -0.1) is 0 Å². The van der Waals surface area contributed by atoms with Crippen LogP contribution in [0.3, 0.4) is 0 Å². The van der Waals surface area contributed by atoms with Crippen molar-refractivity contribution in [1.82, 2.24) is 5.32 Å². The number of aliphatic hydroxyl groups excluding tert-OH is 1. The Balaban J connectivity index is 2.17. The molecule has 0 heterocycles. The summed E-state index contributed by atoms with van der Waals surface area (Å²) in [7, 11) is 0. The van der Waals surface area contributed by atoms with E-state index in [9.17, 15) is 4.79 Å². The van der Waals surface area contributed by atoms with Crippen molar-refractivity contribution in [3.8, 4) is 0 Å². The van der Waals surface area contributed by atoms with Gasteiger partial charge in [0, 0.05) is 6.04 Å². The Bertz CT molecular complexity index is 165. The highest BCUT2D eigenvalue weighted by atomic mass is 16.6. The quantitative estimate of drug-likeness (QED) is 0.679. The van der Waals surface area contributed by atoms with Gasteiger partial charge in [-0.25, -0.2) is 4.79 Å². The van der Waals surface area contributed by atoms with Crippen molar-refractivity contribution in [1.29, 1.82) is 0 Å². The van der Waals surface area contributed by atoms with E-state index in [-0.39, 0.29) is 19.3 Å². The Kier molecular flexibility index (Phi) is 5.37. The van der Waals surface area contributed by atoms with Gasteiger partial charge >= 0.3 is 6.09 Å². The molecular weight excluding hydrogens is 182 g/mol. The first-order valence-electron chi connectivity index (χ1n) is 5.37. The van der Waals surface area contributed by atoms with Gasteiger partial charge in [0.15, 0.2) is 0 Å². The molecule has 1 amide bonds. The maximum atomic E-state index is 11.1. The predicted molar refractivity (Wildman–Crippen MR) is 53.1 cm³/mol. The van der Waals surface area contributed by atoms with Gasteiger partial charge in [-0.05, 0) is 12.8 Å². The lowest BCUT2D eigenvalue weighted by Crippen LogP contribution is -2.35. The van der Waals surface area contributed by atoms with Crippen molar-refractivity contribution >= 4 is 6.09 Å². The third-order valence-electron chi connectivity index (χ3n) is 2.50. The monoisotopic (exact) mass is 201 g/mol. The number of carbonyl (C=O) groups excluding carboxylic acids is 1. The van der Waals surface area contributed by atoms with Crippen LogP contribution in [0.5, 0.6) is 0 Å². The number of alkyl carbamates (subject to hydrolysis) is 1. The topological polar surface area (TPSA) is 58.6 Å². The Morgan fingerprint density at radius 1 is 1.29 bits per heavy atom. The van der Waals surface area contributed by atoms with Crippen LogP contribution < -0.4 is 5.32 Å². The van der Waals surface area contributed by atoms with Crippen molar-refractivity contribution in [2.24, 2.45) is 0 Å². The van der Waals surface area contributed by atoms with E-state index in [0.717, 1.165) is 12.8 Å². The molecule has 0 radical (unpaired) electrons. The SMILES string of the molecule is O=C(NC1CCCCCC1)OCCO. The molecule has 0 spiro atoms. The molecule has 0 bridgehead atoms. The standard InChI is InChI=1S/C10H19NO3/c12-7-8-14-10(13)11-9-5-3-1-2-4-6-9/h9,12H,1-8H2,(H,11,13). The minimum Gasteiger partial charge on any atom is -0.447 e. The summed E-state index contributed by atoms with van der Waals surface area (Å²) in [4.78, 5) is 11.1. The Labute approximate surface area is 84.6 Å². The summed E-state index contributed by atoms with van der Waals surface area (Å²) in [5.41, 5.74) is 0. The molecule has 1 aliphatic rings. The maximum absolute atomic E-state index is 11.1. The van der Waals surface area contributed by atoms with Crippen molar-refractivity contribution in [3.05, 3.63) is 0 Å². The van der Waals surface area contributed by atoms with Crippen LogP contribution >= 0.6 is 0 Å². The third-order valence-corrected chi connectivity index (χ3v) is 2.50. The highest BCUT2D eigenvalue weighted by Gasteiger charge is 2.14. The minimum atomic E-state index is -0.397. The van der Waals surface area contributed by atoms with Gasteiger partial charge < -0.3 is 15.2 Å². The fraction of sp³-hybridized carbons (Fsp3) is 0.900. The van der Waals surface area contributed by atoms with Crippen LogP contribution in [-0.4, -0.2) is 30.5 Å². The molecule has 0 aromatic rings. The van der Waals surface area contributed by atoms with E-state index < -0.39 is 6.09 Å². The molecule has 1 saturated carbocycles. The second-order valence-electron chi connectivity index (χ2n) is 3.69. The lowest BCUT2D eigenvalue weighted by atomic mass is 10.1. The second kappa shape index (κ2) is 6.65. The van der Waals surface area contributed by atoms with Crippen molar-refractivity contribution in [2.45, 2.75) is 44.6 Å². The van der Waals surface area contributed by atoms with E-state index in [1.807, 2.05) is 0 Å². The van der Waals surface area contributed by atoms with Gasteiger partial charge in [-0.3, -0.25) is 0 Å². The lowest BCUT2D eigenvalue weighted by molar-refractivity contribution is 0.115. The van der Waals surface area contributed by atoms with E-state index in [1.165, 1.54) is 25.7 Å². The summed E-state index contributed by atoms with van der Waals surface area (Å²) in [6.07, 6.45) is 6.61. The molecule has 1 aliphatic carbocycles. The molecule has 1 fully saturated rings. The molecule has 0 aromatic carbocycles. The zero-order chi connectivity index (χ0) is 10.2. The van der Waals surface area contributed by atoms with Gasteiger partial charge in [-0.2, -0.15) is 0 Å². The molecule has 2 N–H and O–H groups in total. The first-order valence-corrected chi connectivity index (χ1v) is 5.37. The summed E-state index contributed by atoms with van der Waals surface area (Å²) in [6, 6.07) is 0.267. The third kappa shape index (κ3) is 4.46. The van der Waals surface area contributed by atoms with Crippen molar-refractivity contribution < 1.29 is 14.6 Å². The van der Waals surface area contributed by atoms with E-state index >= 15 is 0 Å². The van der Waals surface area contributed by atoms with Crippen molar-refractivity contribution in [2.75, 3.05) is 13.2 Å². The van der Waals surface area contributed by atoms with E-state index in [0.29, 0.717) is 0 Å². The molecule has 0 unspecified atom stereocenters. The molecule has 0 aromatic heterocycles. The first-order chi connectivity index (χ1) is 6.83. The largest absolute Gasteiger partial charge is 0.447 e. The lowest BCUT2D eigenvalue weighted by Gasteiger charge is -2.15. The minimum absolute atomic E-state index is 0.0819. The zero-order valence-corrected chi connectivity index (χ0v) is 8.50. The summed E-state index contributed by atoms with van der Waals surface area (Å²) in [6.45, 7) is -0.0311. The number of aliphatic hydroxyl groups is 1. The Hall–Kier alpha value is -0.770. The molecule has 1 rings (SSSR count). The zero-order valence-electron chi connectivity index (χ0n) is 8.50. The Morgan fingerprint density at radius 3 is 2.50 bits per heavy atom. The van der Waals surface area contributed by atoms with Gasteiger partial charge in [0.25, 0.3) is 0 Å². The fourth-order valence-corrected chi connectivity index (χ4v) is 1.77. The predicted octanol–water partition coefficient (Wildman–Crippen LogP) is 1.43. The highest BCUT2D eigenvalue weighted by Crippen LogP contribution is 2.17. The summed E-state index contributed by atoms with van der Waals surface area (Å²) in [5.74, 6) is 0. The maximum Gasteiger partial charge on any atom is 0.407 e.